The Balaban J connectivity index is 4.67. The molecule has 0 nitrogen and oxygen atoms in total. The van der Waals surface area contributed by atoms with E-state index < -0.39 is 18.4 Å². The maximum absolute atomic E-state index is 3.79. The van der Waals surface area contributed by atoms with Gasteiger partial charge in [-0.05, 0) is 0 Å². The van der Waals surface area contributed by atoms with E-state index in [1.807, 2.05) is 6.08 Å². The van der Waals surface area contributed by atoms with E-state index in [0.29, 0.717) is 5.41 Å². The van der Waals surface area contributed by atoms with Gasteiger partial charge < -0.3 is 0 Å². The fraction of sp³-hybridized carbons (Fsp3) is 0.667. The zero-order valence-corrected chi connectivity index (χ0v) is 12.9. The SMILES string of the molecule is C=C/C=C(\[CH2][Sn]([CH3])([CH3])[CH3])C(C)(C)C. The van der Waals surface area contributed by atoms with Gasteiger partial charge >= 0.3 is 88.1 Å². The van der Waals surface area contributed by atoms with Crippen LogP contribution in [0.4, 0.5) is 0 Å². The van der Waals surface area contributed by atoms with Crippen LogP contribution in [0, 0.1) is 5.41 Å². The van der Waals surface area contributed by atoms with Crippen molar-refractivity contribution < 1.29 is 0 Å². The molecular formula is C12H24Sn. The molecule has 0 rings (SSSR count). The van der Waals surface area contributed by atoms with Crippen molar-refractivity contribution in [2.75, 3.05) is 0 Å². The predicted octanol–water partition coefficient (Wildman–Crippen LogP) is 4.48. The second-order valence-electron chi connectivity index (χ2n) is 5.92. The number of hydrogen-bond acceptors (Lipinski definition) is 0. The first-order chi connectivity index (χ1) is 5.67. The van der Waals surface area contributed by atoms with Gasteiger partial charge in [-0.1, -0.05) is 0 Å². The molecule has 76 valence electrons. The van der Waals surface area contributed by atoms with E-state index in [1.165, 1.54) is 4.44 Å². The van der Waals surface area contributed by atoms with Gasteiger partial charge in [0.25, 0.3) is 0 Å². The Labute approximate surface area is 88.0 Å². The Hall–Kier alpha value is 0.279. The molecule has 0 amide bonds. The molecule has 0 aliphatic carbocycles. The van der Waals surface area contributed by atoms with Crippen molar-refractivity contribution in [2.24, 2.45) is 5.41 Å². The van der Waals surface area contributed by atoms with Crippen LogP contribution in [0.25, 0.3) is 0 Å². The second-order valence-corrected chi connectivity index (χ2v) is 21.5. The van der Waals surface area contributed by atoms with Crippen LogP contribution in [0.2, 0.25) is 19.3 Å². The van der Waals surface area contributed by atoms with Gasteiger partial charge in [0.15, 0.2) is 0 Å². The summed E-state index contributed by atoms with van der Waals surface area (Å²) in [7, 11) is 0. The first-order valence-corrected chi connectivity index (χ1v) is 15.6. The van der Waals surface area contributed by atoms with Crippen molar-refractivity contribution in [1.82, 2.24) is 0 Å². The Morgan fingerprint density at radius 3 is 1.92 bits per heavy atom. The molecule has 1 heteroatoms. The van der Waals surface area contributed by atoms with E-state index in [0.717, 1.165) is 0 Å². The first-order valence-electron chi connectivity index (χ1n) is 4.99. The molecule has 0 aliphatic heterocycles. The van der Waals surface area contributed by atoms with Gasteiger partial charge in [0, 0.05) is 0 Å². The standard InChI is InChI=1S/C9H15.3CH3.Sn/c1-6-7-8(2)9(3,4)5;;;;/h6-7H,1-2H2,3-5H3;3*1H3;/b8-7+;;;;. The Kier molecular flexibility index (Phi) is 4.78. The Bertz CT molecular complexity index is 198. The van der Waals surface area contributed by atoms with Crippen LogP contribution >= 0.6 is 0 Å². The number of allylic oxidation sites excluding steroid dienone is 3. The minimum absolute atomic E-state index is 0.318. The van der Waals surface area contributed by atoms with E-state index in [-0.39, 0.29) is 0 Å². The van der Waals surface area contributed by atoms with Crippen LogP contribution in [-0.4, -0.2) is 18.4 Å². The average molecular weight is 287 g/mol. The van der Waals surface area contributed by atoms with Crippen LogP contribution in [0.5, 0.6) is 0 Å². The van der Waals surface area contributed by atoms with Crippen LogP contribution < -0.4 is 0 Å². The Morgan fingerprint density at radius 1 is 1.23 bits per heavy atom. The molecule has 0 bridgehead atoms. The monoisotopic (exact) mass is 288 g/mol. The average Bonchev–Trinajstić information content (AvgIpc) is 1.81. The van der Waals surface area contributed by atoms with Crippen LogP contribution in [0.1, 0.15) is 20.8 Å². The normalized spacial score (nSPS) is 14.5. The summed E-state index contributed by atoms with van der Waals surface area (Å²) in [6.45, 7) is 10.7. The van der Waals surface area contributed by atoms with Crippen molar-refractivity contribution in [3.05, 3.63) is 24.3 Å². The zero-order valence-electron chi connectivity index (χ0n) is 10.1. The summed E-state index contributed by atoms with van der Waals surface area (Å²) < 4.78 is 1.35. The van der Waals surface area contributed by atoms with Crippen LogP contribution in [0.3, 0.4) is 0 Å². The maximum atomic E-state index is 3.79. The fourth-order valence-electron chi connectivity index (χ4n) is 1.29. The number of rotatable bonds is 3. The third-order valence-electron chi connectivity index (χ3n) is 2.00. The van der Waals surface area contributed by atoms with Gasteiger partial charge in [0.2, 0.25) is 0 Å². The molecule has 0 heterocycles. The molecule has 0 spiro atoms. The van der Waals surface area contributed by atoms with Crippen molar-refractivity contribution in [3.63, 3.8) is 0 Å². The van der Waals surface area contributed by atoms with Crippen LogP contribution in [-0.2, 0) is 0 Å². The van der Waals surface area contributed by atoms with Gasteiger partial charge in [0.1, 0.15) is 0 Å². The van der Waals surface area contributed by atoms with Gasteiger partial charge in [-0.3, -0.25) is 0 Å². The topological polar surface area (TPSA) is 0 Å². The molecule has 13 heavy (non-hydrogen) atoms. The summed E-state index contributed by atoms with van der Waals surface area (Å²) in [6.07, 6.45) is 4.14. The minimum atomic E-state index is -1.67. The molecule has 0 aromatic rings. The van der Waals surface area contributed by atoms with Gasteiger partial charge in [-0.2, -0.15) is 0 Å². The van der Waals surface area contributed by atoms with Gasteiger partial charge in [-0.25, -0.2) is 0 Å². The van der Waals surface area contributed by atoms with Crippen LogP contribution in [0.15, 0.2) is 24.3 Å². The molecule has 0 unspecified atom stereocenters. The molecule has 0 saturated carbocycles. The summed E-state index contributed by atoms with van der Waals surface area (Å²) >= 11 is -1.67. The van der Waals surface area contributed by atoms with E-state index in [2.05, 4.69) is 48.2 Å². The molecule has 0 aliphatic rings. The van der Waals surface area contributed by atoms with E-state index in [4.69, 9.17) is 0 Å². The molecule has 0 aromatic carbocycles. The molecular weight excluding hydrogens is 263 g/mol. The summed E-state index contributed by atoms with van der Waals surface area (Å²) in [4.78, 5) is 7.45. The van der Waals surface area contributed by atoms with Crippen molar-refractivity contribution in [1.29, 1.82) is 0 Å². The first kappa shape index (κ1) is 13.3. The predicted molar refractivity (Wildman–Crippen MR) is 65.9 cm³/mol. The molecule has 0 radical (unpaired) electrons. The molecule has 0 fully saturated rings. The van der Waals surface area contributed by atoms with Gasteiger partial charge in [-0.15, -0.1) is 0 Å². The molecule has 0 N–H and O–H groups in total. The molecule has 0 saturated heterocycles. The summed E-state index contributed by atoms with van der Waals surface area (Å²) in [5, 5.41) is 0. The number of hydrogen-bond donors (Lipinski definition) is 0. The summed E-state index contributed by atoms with van der Waals surface area (Å²) in [5.41, 5.74) is 1.89. The van der Waals surface area contributed by atoms with Crippen molar-refractivity contribution in [3.8, 4) is 0 Å². The molecule has 0 aromatic heterocycles. The molecule has 0 atom stereocenters. The Morgan fingerprint density at radius 2 is 1.69 bits per heavy atom. The second kappa shape index (κ2) is 4.67. The zero-order chi connectivity index (χ0) is 10.7. The van der Waals surface area contributed by atoms with E-state index >= 15 is 0 Å². The van der Waals surface area contributed by atoms with Gasteiger partial charge in [0.05, 0.1) is 0 Å². The van der Waals surface area contributed by atoms with Crippen molar-refractivity contribution >= 4 is 18.4 Å². The summed E-state index contributed by atoms with van der Waals surface area (Å²) in [6, 6.07) is 0. The van der Waals surface area contributed by atoms with Crippen molar-refractivity contribution in [2.45, 2.75) is 40.0 Å². The quantitative estimate of drug-likeness (QED) is 0.530. The van der Waals surface area contributed by atoms with E-state index in [9.17, 15) is 0 Å². The third-order valence-corrected chi connectivity index (χ3v) is 6.12. The summed E-state index contributed by atoms with van der Waals surface area (Å²) in [5.74, 6) is 0. The fourth-order valence-corrected chi connectivity index (χ4v) is 6.40. The third kappa shape index (κ3) is 6.36. The van der Waals surface area contributed by atoms with E-state index in [1.54, 1.807) is 5.57 Å².